The number of amides is 1. The summed E-state index contributed by atoms with van der Waals surface area (Å²) in [4.78, 5) is 41.4. The van der Waals surface area contributed by atoms with Crippen LogP contribution in [-0.2, 0) is 14.3 Å². The van der Waals surface area contributed by atoms with Crippen LogP contribution in [-0.4, -0.2) is 61.5 Å². The summed E-state index contributed by atoms with van der Waals surface area (Å²) in [5.41, 5.74) is -2.14. The van der Waals surface area contributed by atoms with Gasteiger partial charge in [0.2, 0.25) is 12.1 Å². The van der Waals surface area contributed by atoms with Crippen molar-refractivity contribution in [2.45, 2.75) is 102 Å². The fraction of sp³-hybridized carbons (Fsp3) is 0.655. The number of allylic oxidation sites excluding steroid dienone is 3. The maximum absolute atomic E-state index is 14.5. The highest BCUT2D eigenvalue weighted by Crippen LogP contribution is 2.43. The summed E-state index contributed by atoms with van der Waals surface area (Å²) >= 11 is 0. The lowest BCUT2D eigenvalue weighted by Crippen LogP contribution is -2.42. The zero-order chi connectivity index (χ0) is 30.0. The van der Waals surface area contributed by atoms with Gasteiger partial charge in [-0.1, -0.05) is 89.0 Å². The van der Waals surface area contributed by atoms with Crippen LogP contribution in [0.15, 0.2) is 41.4 Å². The third-order valence-electron chi connectivity index (χ3n) is 7.87. The van der Waals surface area contributed by atoms with E-state index in [1.54, 1.807) is 24.3 Å². The van der Waals surface area contributed by atoms with Gasteiger partial charge in [-0.2, -0.15) is 13.8 Å². The van der Waals surface area contributed by atoms with E-state index in [4.69, 9.17) is 9.84 Å². The number of nitrogens with zero attached hydrogens (tertiary/aromatic N) is 2. The number of hydrogen-bond donors (Lipinski definition) is 4. The quantitative estimate of drug-likeness (QED) is 0.212. The van der Waals surface area contributed by atoms with E-state index in [1.807, 2.05) is 0 Å². The number of aliphatic hydroxyl groups is 2. The topological polar surface area (TPSA) is 151 Å². The molecule has 2 unspecified atom stereocenters. The van der Waals surface area contributed by atoms with Gasteiger partial charge in [-0.3, -0.25) is 14.2 Å². The molecule has 1 aliphatic carbocycles. The molecule has 41 heavy (non-hydrogen) atoms. The molecule has 10 nitrogen and oxygen atoms in total. The van der Waals surface area contributed by atoms with Gasteiger partial charge >= 0.3 is 17.6 Å². The number of unbranched alkanes of at least 4 members (excludes halogenated alkanes) is 8. The molecule has 2 heterocycles. The minimum Gasteiger partial charge on any atom is -0.481 e. The molecule has 0 aromatic carbocycles. The standard InChI is InChI=1S/C29H41F2N3O7/c1-2-3-4-5-6-7-8-9-11-15-28(16-12-10-13-20(28)25(38)39)18-23(36)32-22-14-17-34(27(40)33-22)26-29(30,31)24(37)21(19-35)41-26/h10,12-14,16-17,20-21,24,26,35,37H,2-9,11,15,18-19H2,1H3,(H,38,39)(H,32,33,36,40)/t20?,21-,24-,26-,28?/m1/s1. The number of aliphatic hydroxyl groups excluding tert-OH is 2. The SMILES string of the molecule is CCCCCCCCCCCC1(CC(=O)Nc2ccn([C@@H]3O[C@H](CO)[C@@H](O)C3(F)F)c(=O)n2)C=CC=CC1C(=O)O. The highest BCUT2D eigenvalue weighted by Gasteiger charge is 2.59. The molecule has 12 heteroatoms. The summed E-state index contributed by atoms with van der Waals surface area (Å²) in [6, 6.07) is 1.13. The van der Waals surface area contributed by atoms with E-state index in [0.717, 1.165) is 37.9 Å². The van der Waals surface area contributed by atoms with E-state index in [-0.39, 0.29) is 12.2 Å². The van der Waals surface area contributed by atoms with Crippen molar-refractivity contribution in [3.8, 4) is 0 Å². The number of carboxylic acid groups (broad SMARTS) is 1. The van der Waals surface area contributed by atoms with Crippen LogP contribution >= 0.6 is 0 Å². The molecular formula is C29H41F2N3O7. The molecule has 0 radical (unpaired) electrons. The molecule has 1 fully saturated rings. The molecular weight excluding hydrogens is 540 g/mol. The van der Waals surface area contributed by atoms with Crippen LogP contribution in [0, 0.1) is 11.3 Å². The summed E-state index contributed by atoms with van der Waals surface area (Å²) in [6.45, 7) is 1.31. The van der Waals surface area contributed by atoms with Gasteiger partial charge in [-0.25, -0.2) is 4.79 Å². The van der Waals surface area contributed by atoms with E-state index in [0.29, 0.717) is 11.0 Å². The van der Waals surface area contributed by atoms with Crippen LogP contribution in [0.2, 0.25) is 0 Å². The molecule has 0 spiro atoms. The van der Waals surface area contributed by atoms with Crippen molar-refractivity contribution in [2.75, 3.05) is 11.9 Å². The number of aliphatic carboxylic acids is 1. The first kappa shape index (κ1) is 32.6. The molecule has 1 amide bonds. The summed E-state index contributed by atoms with van der Waals surface area (Å²) in [7, 11) is 0. The Morgan fingerprint density at radius 2 is 1.76 bits per heavy atom. The number of carbonyl (C=O) groups excluding carboxylic acids is 1. The van der Waals surface area contributed by atoms with Gasteiger partial charge in [0.15, 0.2) is 6.10 Å². The lowest BCUT2D eigenvalue weighted by Gasteiger charge is -2.36. The zero-order valence-corrected chi connectivity index (χ0v) is 23.4. The molecule has 1 aromatic rings. The summed E-state index contributed by atoms with van der Waals surface area (Å²) in [5.74, 6) is -6.60. The molecule has 228 valence electrons. The second kappa shape index (κ2) is 14.8. The second-order valence-corrected chi connectivity index (χ2v) is 10.9. The minimum atomic E-state index is -3.86. The van der Waals surface area contributed by atoms with Gasteiger partial charge < -0.3 is 25.4 Å². The minimum absolute atomic E-state index is 0.180. The van der Waals surface area contributed by atoms with E-state index >= 15 is 0 Å². The number of hydrogen-bond acceptors (Lipinski definition) is 7. The number of halogens is 2. The highest BCUT2D eigenvalue weighted by atomic mass is 19.3. The summed E-state index contributed by atoms with van der Waals surface area (Å²) in [6.07, 6.45) is 11.8. The number of carboxylic acids is 1. The normalized spacial score (nSPS) is 26.8. The van der Waals surface area contributed by atoms with E-state index in [9.17, 15) is 33.4 Å². The molecule has 1 saturated heterocycles. The molecule has 0 saturated carbocycles. The Morgan fingerprint density at radius 1 is 1.10 bits per heavy atom. The third kappa shape index (κ3) is 8.08. The number of anilines is 1. The number of aromatic nitrogens is 2. The molecule has 4 N–H and O–H groups in total. The fourth-order valence-corrected chi connectivity index (χ4v) is 5.57. The first-order valence-corrected chi connectivity index (χ1v) is 14.4. The number of alkyl halides is 2. The van der Waals surface area contributed by atoms with Crippen molar-refractivity contribution in [1.29, 1.82) is 0 Å². The zero-order valence-electron chi connectivity index (χ0n) is 23.4. The molecule has 1 aliphatic heterocycles. The van der Waals surface area contributed by atoms with Gasteiger partial charge in [0.25, 0.3) is 0 Å². The average Bonchev–Trinajstić information content (AvgIpc) is 3.15. The Morgan fingerprint density at radius 3 is 2.34 bits per heavy atom. The lowest BCUT2D eigenvalue weighted by atomic mass is 9.67. The van der Waals surface area contributed by atoms with Crippen LogP contribution in [0.5, 0.6) is 0 Å². The Labute approximate surface area is 238 Å². The van der Waals surface area contributed by atoms with Crippen molar-refractivity contribution in [3.63, 3.8) is 0 Å². The van der Waals surface area contributed by atoms with Crippen molar-refractivity contribution < 1.29 is 38.4 Å². The monoisotopic (exact) mass is 581 g/mol. The van der Waals surface area contributed by atoms with Gasteiger partial charge in [0.1, 0.15) is 11.9 Å². The van der Waals surface area contributed by atoms with Gasteiger partial charge in [0, 0.05) is 18.0 Å². The van der Waals surface area contributed by atoms with Gasteiger partial charge in [0.05, 0.1) is 12.5 Å². The Kier molecular flexibility index (Phi) is 11.7. The molecule has 1 aromatic heterocycles. The molecule has 3 rings (SSSR count). The van der Waals surface area contributed by atoms with Crippen LogP contribution in [0.1, 0.15) is 83.8 Å². The van der Waals surface area contributed by atoms with Gasteiger partial charge in [-0.15, -0.1) is 0 Å². The van der Waals surface area contributed by atoms with Crippen molar-refractivity contribution in [1.82, 2.24) is 9.55 Å². The lowest BCUT2D eigenvalue weighted by molar-refractivity contribution is -0.144. The predicted octanol–water partition coefficient (Wildman–Crippen LogP) is 4.19. The van der Waals surface area contributed by atoms with Crippen LogP contribution < -0.4 is 11.0 Å². The smallest absolute Gasteiger partial charge is 0.351 e. The summed E-state index contributed by atoms with van der Waals surface area (Å²) in [5, 5.41) is 31.3. The Hall–Kier alpha value is -2.96. The van der Waals surface area contributed by atoms with Crippen molar-refractivity contribution in [2.24, 2.45) is 11.3 Å². The molecule has 0 bridgehead atoms. The maximum Gasteiger partial charge on any atom is 0.351 e. The second-order valence-electron chi connectivity index (χ2n) is 10.9. The Balaban J connectivity index is 1.65. The molecule has 5 atom stereocenters. The van der Waals surface area contributed by atoms with E-state index in [2.05, 4.69) is 17.2 Å². The largest absolute Gasteiger partial charge is 0.481 e. The average molecular weight is 582 g/mol. The number of nitrogens with one attached hydrogen (secondary N) is 1. The molecule has 2 aliphatic rings. The first-order valence-electron chi connectivity index (χ1n) is 14.4. The van der Waals surface area contributed by atoms with Crippen LogP contribution in [0.4, 0.5) is 14.6 Å². The highest BCUT2D eigenvalue weighted by molar-refractivity contribution is 5.91. The van der Waals surface area contributed by atoms with E-state index in [1.165, 1.54) is 32.1 Å². The van der Waals surface area contributed by atoms with Crippen LogP contribution in [0.25, 0.3) is 0 Å². The summed E-state index contributed by atoms with van der Waals surface area (Å²) < 4.78 is 34.4. The first-order chi connectivity index (χ1) is 19.6. The van der Waals surface area contributed by atoms with Crippen molar-refractivity contribution >= 4 is 17.7 Å². The Bertz CT molecular complexity index is 1160. The van der Waals surface area contributed by atoms with E-state index < -0.39 is 59.9 Å². The maximum atomic E-state index is 14.5. The van der Waals surface area contributed by atoms with Crippen LogP contribution in [0.3, 0.4) is 0 Å². The number of carbonyl (C=O) groups is 2. The number of rotatable bonds is 16. The van der Waals surface area contributed by atoms with Gasteiger partial charge in [-0.05, 0) is 12.5 Å². The van der Waals surface area contributed by atoms with Crippen molar-refractivity contribution in [3.05, 3.63) is 47.1 Å². The fourth-order valence-electron chi connectivity index (χ4n) is 5.57. The third-order valence-corrected chi connectivity index (χ3v) is 7.87. The predicted molar refractivity (Wildman–Crippen MR) is 147 cm³/mol. The number of ether oxygens (including phenoxy) is 1.